The number of rotatable bonds is 3. The molecule has 1 aromatic carbocycles. The maximum atomic E-state index is 9.74. The Morgan fingerprint density at radius 1 is 1.47 bits per heavy atom. The first-order valence-corrected chi connectivity index (χ1v) is 4.85. The Morgan fingerprint density at radius 2 is 2.07 bits per heavy atom. The summed E-state index contributed by atoms with van der Waals surface area (Å²) in [6.45, 7) is 1.67. The van der Waals surface area contributed by atoms with Crippen LogP contribution in [0, 0.1) is 0 Å². The summed E-state index contributed by atoms with van der Waals surface area (Å²) in [6, 6.07) is 2.35. The van der Waals surface area contributed by atoms with Crippen molar-refractivity contribution in [1.29, 1.82) is 0 Å². The monoisotopic (exact) mass is 231 g/mol. The summed E-state index contributed by atoms with van der Waals surface area (Å²) in [6.07, 6.45) is -0.882. The van der Waals surface area contributed by atoms with Crippen LogP contribution in [0.5, 0.6) is 11.5 Å². The normalized spacial score (nSPS) is 14.7. The fraction of sp³-hybridized carbons (Fsp3) is 0.400. The van der Waals surface area contributed by atoms with Crippen molar-refractivity contribution in [3.63, 3.8) is 0 Å². The Kier molecular flexibility index (Phi) is 3.79. The molecule has 5 heteroatoms. The Morgan fingerprint density at radius 3 is 2.53 bits per heavy atom. The molecule has 0 aliphatic carbocycles. The molecule has 2 unspecified atom stereocenters. The van der Waals surface area contributed by atoms with Gasteiger partial charge < -0.3 is 20.7 Å². The number of aromatic hydroxyl groups is 1. The lowest BCUT2D eigenvalue weighted by Crippen LogP contribution is -2.24. The molecule has 2 atom stereocenters. The smallest absolute Gasteiger partial charge is 0.160 e. The van der Waals surface area contributed by atoms with E-state index in [1.54, 1.807) is 6.92 Å². The molecule has 0 amide bonds. The highest BCUT2D eigenvalue weighted by Gasteiger charge is 2.18. The lowest BCUT2D eigenvalue weighted by molar-refractivity contribution is 0.153. The van der Waals surface area contributed by atoms with E-state index in [2.05, 4.69) is 0 Å². The number of nitrogens with two attached hydrogens (primary N) is 1. The molecule has 0 aliphatic heterocycles. The van der Waals surface area contributed by atoms with Crippen LogP contribution >= 0.6 is 11.6 Å². The first kappa shape index (κ1) is 12.1. The fourth-order valence-electron chi connectivity index (χ4n) is 1.23. The van der Waals surface area contributed by atoms with E-state index < -0.39 is 12.1 Å². The molecule has 1 rings (SSSR count). The highest BCUT2D eigenvalue weighted by atomic mass is 35.5. The van der Waals surface area contributed by atoms with Crippen molar-refractivity contribution in [2.24, 2.45) is 5.73 Å². The van der Waals surface area contributed by atoms with Crippen molar-refractivity contribution in [3.05, 3.63) is 22.7 Å². The summed E-state index contributed by atoms with van der Waals surface area (Å²) < 4.78 is 4.91. The molecule has 0 bridgehead atoms. The molecular weight excluding hydrogens is 218 g/mol. The number of benzene rings is 1. The second kappa shape index (κ2) is 4.70. The van der Waals surface area contributed by atoms with Crippen LogP contribution in [0.2, 0.25) is 5.02 Å². The molecule has 4 N–H and O–H groups in total. The number of phenolic OH excluding ortho intramolecular Hbond substituents is 1. The molecule has 0 saturated heterocycles. The summed E-state index contributed by atoms with van der Waals surface area (Å²) in [5.41, 5.74) is 6.00. The summed E-state index contributed by atoms with van der Waals surface area (Å²) in [5, 5.41) is 19.4. The molecule has 0 radical (unpaired) electrons. The Bertz CT molecular complexity index is 355. The zero-order chi connectivity index (χ0) is 11.6. The number of hydrogen-bond acceptors (Lipinski definition) is 4. The van der Waals surface area contributed by atoms with Gasteiger partial charge in [0.1, 0.15) is 0 Å². The quantitative estimate of drug-likeness (QED) is 0.736. The first-order chi connectivity index (χ1) is 6.97. The largest absolute Gasteiger partial charge is 0.504 e. The average Bonchev–Trinajstić information content (AvgIpc) is 2.17. The molecule has 0 aliphatic rings. The molecule has 0 aromatic heterocycles. The van der Waals surface area contributed by atoms with E-state index in [0.29, 0.717) is 5.56 Å². The first-order valence-electron chi connectivity index (χ1n) is 4.47. The van der Waals surface area contributed by atoms with E-state index in [0.717, 1.165) is 0 Å². The Balaban J connectivity index is 3.18. The topological polar surface area (TPSA) is 75.7 Å². The third kappa shape index (κ3) is 2.53. The molecular formula is C10H14ClNO3. The van der Waals surface area contributed by atoms with Crippen molar-refractivity contribution in [3.8, 4) is 11.5 Å². The van der Waals surface area contributed by atoms with Crippen LogP contribution in [0.15, 0.2) is 12.1 Å². The minimum Gasteiger partial charge on any atom is -0.504 e. The number of hydrogen-bond donors (Lipinski definition) is 3. The van der Waals surface area contributed by atoms with Gasteiger partial charge in [-0.1, -0.05) is 11.6 Å². The van der Waals surface area contributed by atoms with E-state index in [4.69, 9.17) is 22.1 Å². The summed E-state index contributed by atoms with van der Waals surface area (Å²) in [5.74, 6) is 0.192. The third-order valence-electron chi connectivity index (χ3n) is 2.11. The van der Waals surface area contributed by atoms with Gasteiger partial charge in [0.2, 0.25) is 0 Å². The zero-order valence-corrected chi connectivity index (χ0v) is 9.32. The van der Waals surface area contributed by atoms with Crippen LogP contribution < -0.4 is 10.5 Å². The molecule has 0 fully saturated rings. The van der Waals surface area contributed by atoms with E-state index in [-0.39, 0.29) is 16.5 Å². The highest BCUT2D eigenvalue weighted by Crippen LogP contribution is 2.35. The van der Waals surface area contributed by atoms with Gasteiger partial charge in [-0.15, -0.1) is 0 Å². The molecule has 0 saturated carbocycles. The van der Waals surface area contributed by atoms with Gasteiger partial charge >= 0.3 is 0 Å². The molecule has 15 heavy (non-hydrogen) atoms. The van der Waals surface area contributed by atoms with Crippen LogP contribution in [-0.2, 0) is 0 Å². The van der Waals surface area contributed by atoms with Crippen LogP contribution in [-0.4, -0.2) is 23.4 Å². The van der Waals surface area contributed by atoms with E-state index in [1.807, 2.05) is 0 Å². The third-order valence-corrected chi connectivity index (χ3v) is 2.44. The highest BCUT2D eigenvalue weighted by molar-refractivity contribution is 6.31. The summed E-state index contributed by atoms with van der Waals surface area (Å²) >= 11 is 5.87. The predicted molar refractivity (Wildman–Crippen MR) is 58.3 cm³/mol. The molecule has 0 spiro atoms. The number of methoxy groups -OCH3 is 1. The maximum Gasteiger partial charge on any atom is 0.160 e. The fourth-order valence-corrected chi connectivity index (χ4v) is 1.50. The Hall–Kier alpha value is -0.970. The van der Waals surface area contributed by atoms with Gasteiger partial charge in [-0.2, -0.15) is 0 Å². The van der Waals surface area contributed by atoms with Gasteiger partial charge in [0, 0.05) is 17.7 Å². The number of halogens is 1. The van der Waals surface area contributed by atoms with Crippen molar-refractivity contribution < 1.29 is 14.9 Å². The van der Waals surface area contributed by atoms with Crippen molar-refractivity contribution in [2.75, 3.05) is 7.11 Å². The van der Waals surface area contributed by atoms with Gasteiger partial charge in [0.25, 0.3) is 0 Å². The van der Waals surface area contributed by atoms with Gasteiger partial charge in [0.15, 0.2) is 11.5 Å². The standard InChI is InChI=1S/C10H14ClNO3/c1-5(12)10(14)6-3-9(15-2)8(13)4-7(6)11/h3-5,10,13-14H,12H2,1-2H3. The second-order valence-corrected chi connectivity index (χ2v) is 3.76. The van der Waals surface area contributed by atoms with Crippen molar-refractivity contribution >= 4 is 11.6 Å². The number of aliphatic hydroxyl groups excluding tert-OH is 1. The minimum absolute atomic E-state index is 0.0666. The van der Waals surface area contributed by atoms with E-state index in [9.17, 15) is 10.2 Å². The summed E-state index contributed by atoms with van der Waals surface area (Å²) in [4.78, 5) is 0. The van der Waals surface area contributed by atoms with Crippen LogP contribution in [0.4, 0.5) is 0 Å². The number of ether oxygens (including phenoxy) is 1. The van der Waals surface area contributed by atoms with Crippen molar-refractivity contribution in [1.82, 2.24) is 0 Å². The zero-order valence-electron chi connectivity index (χ0n) is 8.57. The van der Waals surface area contributed by atoms with Gasteiger partial charge in [-0.3, -0.25) is 0 Å². The molecule has 84 valence electrons. The van der Waals surface area contributed by atoms with E-state index >= 15 is 0 Å². The number of phenols is 1. The predicted octanol–water partition coefficient (Wildman–Crippen LogP) is 1.43. The lowest BCUT2D eigenvalue weighted by Gasteiger charge is -2.17. The van der Waals surface area contributed by atoms with Crippen LogP contribution in [0.25, 0.3) is 0 Å². The lowest BCUT2D eigenvalue weighted by atomic mass is 10.0. The Labute approximate surface area is 93.2 Å². The number of aliphatic hydroxyl groups is 1. The second-order valence-electron chi connectivity index (χ2n) is 3.35. The van der Waals surface area contributed by atoms with Gasteiger partial charge in [0.05, 0.1) is 18.2 Å². The average molecular weight is 232 g/mol. The summed E-state index contributed by atoms with van der Waals surface area (Å²) in [7, 11) is 1.42. The molecule has 0 heterocycles. The van der Waals surface area contributed by atoms with E-state index in [1.165, 1.54) is 19.2 Å². The minimum atomic E-state index is -0.882. The molecule has 1 aromatic rings. The van der Waals surface area contributed by atoms with Crippen LogP contribution in [0.3, 0.4) is 0 Å². The SMILES string of the molecule is COc1cc(C(O)C(C)N)c(Cl)cc1O. The van der Waals surface area contributed by atoms with Gasteiger partial charge in [-0.25, -0.2) is 0 Å². The maximum absolute atomic E-state index is 9.74. The van der Waals surface area contributed by atoms with Crippen molar-refractivity contribution in [2.45, 2.75) is 19.1 Å². The van der Waals surface area contributed by atoms with Crippen LogP contribution in [0.1, 0.15) is 18.6 Å². The molecule has 4 nitrogen and oxygen atoms in total. The van der Waals surface area contributed by atoms with Gasteiger partial charge in [-0.05, 0) is 13.0 Å².